The number of ether oxygens (including phenoxy) is 1. The number of hydrogen-bond donors (Lipinski definition) is 1. The molecule has 1 rings (SSSR count). The van der Waals surface area contributed by atoms with Gasteiger partial charge in [-0.05, 0) is 6.08 Å². The molecule has 0 aromatic heterocycles. The van der Waals surface area contributed by atoms with Crippen LogP contribution in [0.4, 0.5) is 0 Å². The molecule has 2 N–H and O–H groups in total. The Labute approximate surface area is 42.3 Å². The summed E-state index contributed by atoms with van der Waals surface area (Å²) in [6.07, 6.45) is 5.03. The van der Waals surface area contributed by atoms with Gasteiger partial charge in [-0.25, -0.2) is 0 Å². The molecule has 0 atom stereocenters. The predicted octanol–water partition coefficient (Wildman–Crippen LogP) is 0.373. The van der Waals surface area contributed by atoms with Gasteiger partial charge < -0.3 is 10.5 Å². The smallest absolute Gasteiger partial charge is 0.114 e. The van der Waals surface area contributed by atoms with Crippen molar-refractivity contribution in [2.24, 2.45) is 5.73 Å². The third kappa shape index (κ3) is 0.738. The monoisotopic (exact) mass is 97.1 g/mol. The van der Waals surface area contributed by atoms with Crippen molar-refractivity contribution < 1.29 is 4.74 Å². The first-order valence-corrected chi connectivity index (χ1v) is 2.12. The van der Waals surface area contributed by atoms with Gasteiger partial charge in [0.05, 0.1) is 6.26 Å². The lowest BCUT2D eigenvalue weighted by atomic mass is 10.3. The number of hydrogen-bond acceptors (Lipinski definition) is 2. The van der Waals surface area contributed by atoms with Crippen LogP contribution in [0.5, 0.6) is 0 Å². The van der Waals surface area contributed by atoms with E-state index in [0.717, 1.165) is 5.57 Å². The van der Waals surface area contributed by atoms with E-state index in [2.05, 4.69) is 0 Å². The quantitative estimate of drug-likeness (QED) is 0.474. The molecule has 0 aromatic rings. The van der Waals surface area contributed by atoms with Crippen LogP contribution in [0, 0.1) is 0 Å². The van der Waals surface area contributed by atoms with E-state index >= 15 is 0 Å². The largest absolute Gasteiger partial charge is 0.496 e. The number of rotatable bonds is 0. The van der Waals surface area contributed by atoms with Crippen molar-refractivity contribution in [1.29, 1.82) is 0 Å². The zero-order valence-electron chi connectivity index (χ0n) is 3.92. The van der Waals surface area contributed by atoms with Gasteiger partial charge in [0.15, 0.2) is 0 Å². The Kier molecular flexibility index (Phi) is 1.02. The first-order chi connectivity index (χ1) is 3.43. The Morgan fingerprint density at radius 2 is 2.71 bits per heavy atom. The van der Waals surface area contributed by atoms with Gasteiger partial charge in [0, 0.05) is 11.8 Å². The molecule has 0 saturated heterocycles. The first-order valence-electron chi connectivity index (χ1n) is 2.12. The lowest BCUT2D eigenvalue weighted by molar-refractivity contribution is 0.301. The molecule has 0 radical (unpaired) electrons. The van der Waals surface area contributed by atoms with Gasteiger partial charge in [0.1, 0.15) is 6.61 Å². The summed E-state index contributed by atoms with van der Waals surface area (Å²) in [6.45, 7) is 0.635. The van der Waals surface area contributed by atoms with Crippen LogP contribution in [-0.4, -0.2) is 6.61 Å². The molecule has 0 bridgehead atoms. The molecule has 0 amide bonds. The van der Waals surface area contributed by atoms with Crippen molar-refractivity contribution >= 4 is 0 Å². The van der Waals surface area contributed by atoms with Gasteiger partial charge in [0.25, 0.3) is 0 Å². The Morgan fingerprint density at radius 3 is 3.00 bits per heavy atom. The SMILES string of the molecule is NC=C1C=COC1. The fraction of sp³-hybridized carbons (Fsp3) is 0.200. The van der Waals surface area contributed by atoms with E-state index in [0.29, 0.717) is 6.61 Å². The number of nitrogens with two attached hydrogens (primary N) is 1. The molecule has 1 aliphatic heterocycles. The lowest BCUT2D eigenvalue weighted by Crippen LogP contribution is -1.86. The maximum Gasteiger partial charge on any atom is 0.114 e. The summed E-state index contributed by atoms with van der Waals surface area (Å²) in [6, 6.07) is 0. The van der Waals surface area contributed by atoms with E-state index in [9.17, 15) is 0 Å². The van der Waals surface area contributed by atoms with Gasteiger partial charge in [0.2, 0.25) is 0 Å². The molecule has 7 heavy (non-hydrogen) atoms. The molecule has 0 saturated carbocycles. The van der Waals surface area contributed by atoms with Crippen LogP contribution in [0.25, 0.3) is 0 Å². The average Bonchev–Trinajstić information content (AvgIpc) is 2.14. The minimum Gasteiger partial charge on any atom is -0.496 e. The Balaban J connectivity index is 2.59. The highest BCUT2D eigenvalue weighted by Gasteiger charge is 1.95. The maximum absolute atomic E-state index is 5.14. The predicted molar refractivity (Wildman–Crippen MR) is 27.4 cm³/mol. The highest BCUT2D eigenvalue weighted by atomic mass is 16.5. The minimum absolute atomic E-state index is 0.635. The highest BCUT2D eigenvalue weighted by Crippen LogP contribution is 2.02. The van der Waals surface area contributed by atoms with E-state index in [1.54, 1.807) is 12.5 Å². The van der Waals surface area contributed by atoms with Crippen molar-refractivity contribution in [2.45, 2.75) is 0 Å². The van der Waals surface area contributed by atoms with Crippen LogP contribution in [0.2, 0.25) is 0 Å². The fourth-order valence-corrected chi connectivity index (χ4v) is 0.432. The summed E-state index contributed by atoms with van der Waals surface area (Å²) in [4.78, 5) is 0. The molecule has 1 aliphatic rings. The second kappa shape index (κ2) is 1.69. The molecule has 0 fully saturated rings. The van der Waals surface area contributed by atoms with Crippen LogP contribution in [0.15, 0.2) is 24.1 Å². The van der Waals surface area contributed by atoms with Crippen molar-refractivity contribution in [3.63, 3.8) is 0 Å². The molecular formula is C5H7NO. The highest BCUT2D eigenvalue weighted by molar-refractivity contribution is 5.19. The van der Waals surface area contributed by atoms with Gasteiger partial charge in [-0.2, -0.15) is 0 Å². The van der Waals surface area contributed by atoms with Crippen molar-refractivity contribution in [3.8, 4) is 0 Å². The normalized spacial score (nSPS) is 23.1. The average molecular weight is 97.1 g/mol. The third-order valence-electron chi connectivity index (χ3n) is 0.842. The van der Waals surface area contributed by atoms with Gasteiger partial charge in [-0.15, -0.1) is 0 Å². The summed E-state index contributed by atoms with van der Waals surface area (Å²) in [5.41, 5.74) is 6.18. The Hall–Kier alpha value is -0.920. The van der Waals surface area contributed by atoms with E-state index in [4.69, 9.17) is 10.5 Å². The van der Waals surface area contributed by atoms with E-state index in [1.807, 2.05) is 6.08 Å². The maximum atomic E-state index is 5.14. The van der Waals surface area contributed by atoms with Crippen LogP contribution in [0.3, 0.4) is 0 Å². The molecule has 2 heteroatoms. The van der Waals surface area contributed by atoms with E-state index in [1.165, 1.54) is 0 Å². The summed E-state index contributed by atoms with van der Waals surface area (Å²) in [5.74, 6) is 0. The molecule has 0 aromatic carbocycles. The topological polar surface area (TPSA) is 35.2 Å². The minimum atomic E-state index is 0.635. The molecule has 0 unspecified atom stereocenters. The van der Waals surface area contributed by atoms with Gasteiger partial charge in [-0.3, -0.25) is 0 Å². The zero-order valence-corrected chi connectivity index (χ0v) is 3.92. The molecular weight excluding hydrogens is 90.1 g/mol. The Morgan fingerprint density at radius 1 is 1.86 bits per heavy atom. The fourth-order valence-electron chi connectivity index (χ4n) is 0.432. The third-order valence-corrected chi connectivity index (χ3v) is 0.842. The Bertz CT molecular complexity index is 112. The van der Waals surface area contributed by atoms with E-state index in [-0.39, 0.29) is 0 Å². The van der Waals surface area contributed by atoms with Crippen molar-refractivity contribution in [1.82, 2.24) is 0 Å². The van der Waals surface area contributed by atoms with Crippen molar-refractivity contribution in [3.05, 3.63) is 24.1 Å². The lowest BCUT2D eigenvalue weighted by Gasteiger charge is -1.86. The zero-order chi connectivity index (χ0) is 5.11. The molecule has 0 spiro atoms. The van der Waals surface area contributed by atoms with Gasteiger partial charge in [-0.1, -0.05) is 0 Å². The summed E-state index contributed by atoms with van der Waals surface area (Å²) >= 11 is 0. The molecule has 1 heterocycles. The van der Waals surface area contributed by atoms with Crippen LogP contribution < -0.4 is 5.73 Å². The van der Waals surface area contributed by atoms with Crippen LogP contribution >= 0.6 is 0 Å². The summed E-state index contributed by atoms with van der Waals surface area (Å²) < 4.78 is 4.82. The standard InChI is InChI=1S/C5H7NO/c6-3-5-1-2-7-4-5/h1-3H,4,6H2. The van der Waals surface area contributed by atoms with Crippen LogP contribution in [0.1, 0.15) is 0 Å². The summed E-state index contributed by atoms with van der Waals surface area (Å²) in [7, 11) is 0. The van der Waals surface area contributed by atoms with Gasteiger partial charge >= 0.3 is 0 Å². The summed E-state index contributed by atoms with van der Waals surface area (Å²) in [5, 5.41) is 0. The second-order valence-corrected chi connectivity index (χ2v) is 1.36. The second-order valence-electron chi connectivity index (χ2n) is 1.36. The first kappa shape index (κ1) is 4.24. The molecule has 2 nitrogen and oxygen atoms in total. The van der Waals surface area contributed by atoms with E-state index < -0.39 is 0 Å². The molecule has 0 aliphatic carbocycles. The molecule has 38 valence electrons. The van der Waals surface area contributed by atoms with Crippen molar-refractivity contribution in [2.75, 3.05) is 6.61 Å². The van der Waals surface area contributed by atoms with Crippen LogP contribution in [-0.2, 0) is 4.74 Å².